The third kappa shape index (κ3) is 5.05. The first-order valence-electron chi connectivity index (χ1n) is 7.25. The Labute approximate surface area is 126 Å². The molecule has 4 nitrogen and oxygen atoms in total. The minimum atomic E-state index is -0.159. The van der Waals surface area contributed by atoms with Crippen LogP contribution in [-0.4, -0.2) is 38.6 Å². The van der Waals surface area contributed by atoms with Gasteiger partial charge in [-0.2, -0.15) is 0 Å². The summed E-state index contributed by atoms with van der Waals surface area (Å²) >= 11 is 0. The highest BCUT2D eigenvalue weighted by atomic mass is 16.5. The molecule has 0 aromatic heterocycles. The molecule has 2 rings (SSSR count). The molecule has 21 heavy (non-hydrogen) atoms. The summed E-state index contributed by atoms with van der Waals surface area (Å²) in [5.74, 6) is 6.86. The number of rotatable bonds is 5. The molecule has 1 saturated heterocycles. The largest absolute Gasteiger partial charge is 0.495 e. The van der Waals surface area contributed by atoms with Crippen molar-refractivity contribution in [3.63, 3.8) is 0 Å². The van der Waals surface area contributed by atoms with E-state index in [2.05, 4.69) is 11.8 Å². The monoisotopic (exact) mass is 290 g/mol. The highest BCUT2D eigenvalue weighted by Crippen LogP contribution is 2.20. The van der Waals surface area contributed by atoms with Crippen LogP contribution in [-0.2, 0) is 16.1 Å². The van der Waals surface area contributed by atoms with Crippen LogP contribution >= 0.6 is 0 Å². The molecular weight excluding hydrogens is 268 g/mol. The molecule has 0 aliphatic carbocycles. The van der Waals surface area contributed by atoms with E-state index in [1.807, 2.05) is 18.2 Å². The van der Waals surface area contributed by atoms with Crippen molar-refractivity contribution in [3.8, 4) is 17.6 Å². The van der Waals surface area contributed by atoms with E-state index in [1.54, 1.807) is 7.11 Å². The molecule has 0 spiro atoms. The maximum Gasteiger partial charge on any atom is 0.134 e. The SMILES string of the molecule is COc1ccc(COCC2CCOCC2)cc1C#CCO. The van der Waals surface area contributed by atoms with Gasteiger partial charge in [0.15, 0.2) is 0 Å². The molecule has 0 radical (unpaired) electrons. The molecule has 0 saturated carbocycles. The third-order valence-electron chi connectivity index (χ3n) is 3.53. The summed E-state index contributed by atoms with van der Waals surface area (Å²) in [7, 11) is 1.61. The van der Waals surface area contributed by atoms with Gasteiger partial charge in [-0.25, -0.2) is 0 Å². The molecule has 1 aliphatic rings. The Kier molecular flexibility index (Phi) is 6.55. The smallest absolute Gasteiger partial charge is 0.134 e. The summed E-state index contributed by atoms with van der Waals surface area (Å²) in [4.78, 5) is 0. The summed E-state index contributed by atoms with van der Waals surface area (Å²) in [6.45, 7) is 2.87. The van der Waals surface area contributed by atoms with Gasteiger partial charge >= 0.3 is 0 Å². The van der Waals surface area contributed by atoms with Crippen LogP contribution in [0.25, 0.3) is 0 Å². The van der Waals surface area contributed by atoms with Crippen LogP contribution in [0.5, 0.6) is 5.75 Å². The highest BCUT2D eigenvalue weighted by Gasteiger charge is 2.13. The van der Waals surface area contributed by atoms with Gasteiger partial charge in [0, 0.05) is 13.2 Å². The Morgan fingerprint density at radius 2 is 2.14 bits per heavy atom. The molecule has 1 fully saturated rings. The van der Waals surface area contributed by atoms with E-state index in [4.69, 9.17) is 19.3 Å². The highest BCUT2D eigenvalue weighted by molar-refractivity contribution is 5.48. The van der Waals surface area contributed by atoms with Crippen molar-refractivity contribution in [2.24, 2.45) is 5.92 Å². The van der Waals surface area contributed by atoms with Gasteiger partial charge < -0.3 is 19.3 Å². The zero-order valence-corrected chi connectivity index (χ0v) is 12.4. The second-order valence-electron chi connectivity index (χ2n) is 5.07. The molecule has 0 unspecified atom stereocenters. The summed E-state index contributed by atoms with van der Waals surface area (Å²) < 4.78 is 16.4. The maximum absolute atomic E-state index is 8.80. The summed E-state index contributed by atoms with van der Waals surface area (Å²) in [5, 5.41) is 8.80. The van der Waals surface area contributed by atoms with E-state index < -0.39 is 0 Å². The lowest BCUT2D eigenvalue weighted by Crippen LogP contribution is -2.20. The fourth-order valence-electron chi connectivity index (χ4n) is 2.33. The molecular formula is C17H22O4. The first-order chi connectivity index (χ1) is 10.3. The van der Waals surface area contributed by atoms with Crippen molar-refractivity contribution in [2.45, 2.75) is 19.4 Å². The maximum atomic E-state index is 8.80. The predicted molar refractivity (Wildman–Crippen MR) is 80.2 cm³/mol. The Hall–Kier alpha value is -1.54. The van der Waals surface area contributed by atoms with Gasteiger partial charge in [-0.05, 0) is 36.5 Å². The Morgan fingerprint density at radius 1 is 1.33 bits per heavy atom. The lowest BCUT2D eigenvalue weighted by molar-refractivity contribution is 0.0157. The van der Waals surface area contributed by atoms with Crippen LogP contribution in [0.4, 0.5) is 0 Å². The fourth-order valence-corrected chi connectivity index (χ4v) is 2.33. The van der Waals surface area contributed by atoms with Gasteiger partial charge in [0.1, 0.15) is 12.4 Å². The number of aliphatic hydroxyl groups is 1. The molecule has 114 valence electrons. The second-order valence-corrected chi connectivity index (χ2v) is 5.07. The van der Waals surface area contributed by atoms with Crippen molar-refractivity contribution in [3.05, 3.63) is 29.3 Å². The lowest BCUT2D eigenvalue weighted by Gasteiger charge is -2.21. The molecule has 0 atom stereocenters. The summed E-state index contributed by atoms with van der Waals surface area (Å²) in [5.41, 5.74) is 1.84. The zero-order chi connectivity index (χ0) is 14.9. The molecule has 1 N–H and O–H groups in total. The van der Waals surface area contributed by atoms with E-state index in [0.29, 0.717) is 18.3 Å². The van der Waals surface area contributed by atoms with Gasteiger partial charge in [-0.1, -0.05) is 17.9 Å². The number of methoxy groups -OCH3 is 1. The first kappa shape index (κ1) is 15.8. The number of hydrogen-bond acceptors (Lipinski definition) is 4. The number of benzene rings is 1. The minimum Gasteiger partial charge on any atom is -0.495 e. The molecule has 1 heterocycles. The van der Waals surface area contributed by atoms with Crippen molar-refractivity contribution >= 4 is 0 Å². The number of hydrogen-bond donors (Lipinski definition) is 1. The number of ether oxygens (including phenoxy) is 3. The molecule has 1 aromatic carbocycles. The van der Waals surface area contributed by atoms with Crippen LogP contribution < -0.4 is 4.74 Å². The van der Waals surface area contributed by atoms with Crippen LogP contribution in [0.3, 0.4) is 0 Å². The average Bonchev–Trinajstić information content (AvgIpc) is 2.54. The van der Waals surface area contributed by atoms with Gasteiger partial charge in [-0.3, -0.25) is 0 Å². The zero-order valence-electron chi connectivity index (χ0n) is 12.4. The van der Waals surface area contributed by atoms with Crippen LogP contribution in [0.1, 0.15) is 24.0 Å². The topological polar surface area (TPSA) is 47.9 Å². The Balaban J connectivity index is 1.90. The van der Waals surface area contributed by atoms with E-state index in [0.717, 1.165) is 43.8 Å². The Morgan fingerprint density at radius 3 is 2.86 bits per heavy atom. The second kappa shape index (κ2) is 8.68. The lowest BCUT2D eigenvalue weighted by atomic mass is 10.0. The fraction of sp³-hybridized carbons (Fsp3) is 0.529. The molecule has 0 amide bonds. The Bertz CT molecular complexity index is 495. The number of aliphatic hydroxyl groups excluding tert-OH is 1. The van der Waals surface area contributed by atoms with Crippen LogP contribution in [0, 0.1) is 17.8 Å². The van der Waals surface area contributed by atoms with Crippen molar-refractivity contribution < 1.29 is 19.3 Å². The van der Waals surface area contributed by atoms with Gasteiger partial charge in [0.05, 0.1) is 25.9 Å². The first-order valence-corrected chi connectivity index (χ1v) is 7.25. The molecule has 4 heteroatoms. The third-order valence-corrected chi connectivity index (χ3v) is 3.53. The van der Waals surface area contributed by atoms with E-state index in [9.17, 15) is 0 Å². The molecule has 1 aliphatic heterocycles. The van der Waals surface area contributed by atoms with Crippen LogP contribution in [0.15, 0.2) is 18.2 Å². The minimum absolute atomic E-state index is 0.159. The molecule has 0 bridgehead atoms. The van der Waals surface area contributed by atoms with Crippen LogP contribution in [0.2, 0.25) is 0 Å². The van der Waals surface area contributed by atoms with Gasteiger partial charge in [-0.15, -0.1) is 0 Å². The predicted octanol–water partition coefficient (Wildman–Crippen LogP) is 1.98. The quantitative estimate of drug-likeness (QED) is 0.842. The summed E-state index contributed by atoms with van der Waals surface area (Å²) in [6.07, 6.45) is 2.16. The van der Waals surface area contributed by atoms with Gasteiger partial charge in [0.25, 0.3) is 0 Å². The van der Waals surface area contributed by atoms with E-state index in [1.165, 1.54) is 0 Å². The van der Waals surface area contributed by atoms with E-state index in [-0.39, 0.29) is 6.61 Å². The summed E-state index contributed by atoms with van der Waals surface area (Å²) in [6, 6.07) is 5.81. The van der Waals surface area contributed by atoms with Crippen molar-refractivity contribution in [1.82, 2.24) is 0 Å². The van der Waals surface area contributed by atoms with Crippen molar-refractivity contribution in [1.29, 1.82) is 0 Å². The van der Waals surface area contributed by atoms with Crippen molar-refractivity contribution in [2.75, 3.05) is 33.5 Å². The average molecular weight is 290 g/mol. The standard InChI is InChI=1S/C17H22O4/c1-19-17-5-4-15(11-16(17)3-2-8-18)13-21-12-14-6-9-20-10-7-14/h4-5,11,14,18H,6-10,12-13H2,1H3. The van der Waals surface area contributed by atoms with Gasteiger partial charge in [0.2, 0.25) is 0 Å². The molecule has 1 aromatic rings. The normalized spacial score (nSPS) is 15.3. The van der Waals surface area contributed by atoms with E-state index >= 15 is 0 Å².